The second-order valence-corrected chi connectivity index (χ2v) is 5.47. The minimum atomic E-state index is -0.934. The summed E-state index contributed by atoms with van der Waals surface area (Å²) in [5.41, 5.74) is 5.72. The first-order valence-corrected chi connectivity index (χ1v) is 6.36. The summed E-state index contributed by atoms with van der Waals surface area (Å²) in [4.78, 5) is 13.8. The maximum Gasteiger partial charge on any atom is 0.227 e. The summed E-state index contributed by atoms with van der Waals surface area (Å²) in [7, 11) is 0. The van der Waals surface area contributed by atoms with Crippen molar-refractivity contribution in [3.63, 3.8) is 0 Å². The Morgan fingerprint density at radius 3 is 2.84 bits per heavy atom. The standard InChI is InChI=1S/C14H18F2N2O/c1-14(8-17)5-6-18(9-14)12(19)7-10-3-2-4-11(15)13(10)16/h2-4H,5-9,17H2,1H3. The van der Waals surface area contributed by atoms with Crippen molar-refractivity contribution in [2.45, 2.75) is 19.8 Å². The maximum absolute atomic E-state index is 13.5. The van der Waals surface area contributed by atoms with Crippen LogP contribution in [0.2, 0.25) is 0 Å². The number of hydrogen-bond donors (Lipinski definition) is 1. The van der Waals surface area contributed by atoms with E-state index >= 15 is 0 Å². The molecule has 3 nitrogen and oxygen atoms in total. The Balaban J connectivity index is 2.04. The van der Waals surface area contributed by atoms with Gasteiger partial charge in [0.2, 0.25) is 5.91 Å². The average Bonchev–Trinajstić information content (AvgIpc) is 2.79. The fourth-order valence-corrected chi connectivity index (χ4v) is 2.36. The van der Waals surface area contributed by atoms with E-state index in [0.717, 1.165) is 12.5 Å². The molecule has 1 aliphatic heterocycles. The highest BCUT2D eigenvalue weighted by Gasteiger charge is 2.34. The minimum absolute atomic E-state index is 0.0594. The zero-order valence-corrected chi connectivity index (χ0v) is 11.0. The van der Waals surface area contributed by atoms with Crippen LogP contribution < -0.4 is 5.73 Å². The molecule has 1 unspecified atom stereocenters. The van der Waals surface area contributed by atoms with Crippen LogP contribution >= 0.6 is 0 Å². The van der Waals surface area contributed by atoms with Crippen LogP contribution in [0.4, 0.5) is 8.78 Å². The van der Waals surface area contributed by atoms with Gasteiger partial charge in [0.15, 0.2) is 11.6 Å². The molecule has 1 amide bonds. The minimum Gasteiger partial charge on any atom is -0.342 e. The van der Waals surface area contributed by atoms with Gasteiger partial charge < -0.3 is 10.6 Å². The summed E-state index contributed by atoms with van der Waals surface area (Å²) in [5.74, 6) is -2.03. The molecule has 1 aliphatic rings. The molecule has 0 bridgehead atoms. The molecule has 1 aromatic carbocycles. The first-order chi connectivity index (χ1) is 8.95. The lowest BCUT2D eigenvalue weighted by Crippen LogP contribution is -2.35. The van der Waals surface area contributed by atoms with E-state index in [9.17, 15) is 13.6 Å². The Bertz CT molecular complexity index is 492. The van der Waals surface area contributed by atoms with Crippen molar-refractivity contribution in [1.29, 1.82) is 0 Å². The lowest BCUT2D eigenvalue weighted by atomic mass is 9.90. The number of likely N-dealkylation sites (tertiary alicyclic amines) is 1. The van der Waals surface area contributed by atoms with E-state index in [4.69, 9.17) is 5.73 Å². The van der Waals surface area contributed by atoms with Gasteiger partial charge in [-0.25, -0.2) is 8.78 Å². The fraction of sp³-hybridized carbons (Fsp3) is 0.500. The van der Waals surface area contributed by atoms with E-state index in [0.29, 0.717) is 19.6 Å². The predicted octanol–water partition coefficient (Wildman–Crippen LogP) is 1.70. The number of hydrogen-bond acceptors (Lipinski definition) is 2. The Morgan fingerprint density at radius 1 is 1.47 bits per heavy atom. The zero-order valence-electron chi connectivity index (χ0n) is 11.0. The van der Waals surface area contributed by atoms with E-state index in [1.165, 1.54) is 12.1 Å². The van der Waals surface area contributed by atoms with Crippen molar-refractivity contribution in [3.8, 4) is 0 Å². The summed E-state index contributed by atoms with van der Waals surface area (Å²) in [6.07, 6.45) is 0.741. The maximum atomic E-state index is 13.5. The number of rotatable bonds is 3. The fourth-order valence-electron chi connectivity index (χ4n) is 2.36. The van der Waals surface area contributed by atoms with Crippen LogP contribution in [0, 0.1) is 17.0 Å². The quantitative estimate of drug-likeness (QED) is 0.907. The lowest BCUT2D eigenvalue weighted by Gasteiger charge is -2.22. The van der Waals surface area contributed by atoms with Gasteiger partial charge in [-0.05, 0) is 24.4 Å². The summed E-state index contributed by atoms with van der Waals surface area (Å²) < 4.78 is 26.6. The molecule has 1 heterocycles. The average molecular weight is 268 g/mol. The molecule has 0 spiro atoms. The number of carbonyl (C=O) groups excluding carboxylic acids is 1. The highest BCUT2D eigenvalue weighted by atomic mass is 19.2. The Kier molecular flexibility index (Phi) is 3.85. The topological polar surface area (TPSA) is 46.3 Å². The Labute approximate surface area is 111 Å². The number of nitrogens with zero attached hydrogens (tertiary/aromatic N) is 1. The number of benzene rings is 1. The lowest BCUT2D eigenvalue weighted by molar-refractivity contribution is -0.129. The number of carbonyl (C=O) groups is 1. The smallest absolute Gasteiger partial charge is 0.227 e. The second-order valence-electron chi connectivity index (χ2n) is 5.47. The summed E-state index contributed by atoms with van der Waals surface area (Å²) in [6.45, 7) is 3.76. The van der Waals surface area contributed by atoms with E-state index in [1.54, 1.807) is 4.90 Å². The van der Waals surface area contributed by atoms with Crippen LogP contribution in [0.15, 0.2) is 18.2 Å². The van der Waals surface area contributed by atoms with Gasteiger partial charge in [0.05, 0.1) is 6.42 Å². The van der Waals surface area contributed by atoms with E-state index in [-0.39, 0.29) is 23.3 Å². The molecule has 5 heteroatoms. The van der Waals surface area contributed by atoms with Crippen LogP contribution in [0.5, 0.6) is 0 Å². The van der Waals surface area contributed by atoms with Crippen molar-refractivity contribution in [1.82, 2.24) is 4.90 Å². The molecule has 0 radical (unpaired) electrons. The Hall–Kier alpha value is -1.49. The first kappa shape index (κ1) is 13.9. The monoisotopic (exact) mass is 268 g/mol. The third kappa shape index (κ3) is 2.92. The molecule has 0 saturated carbocycles. The van der Waals surface area contributed by atoms with Crippen LogP contribution in [-0.2, 0) is 11.2 Å². The molecule has 1 aromatic rings. The molecule has 0 aliphatic carbocycles. The normalized spacial score (nSPS) is 22.8. The van der Waals surface area contributed by atoms with Crippen LogP contribution in [-0.4, -0.2) is 30.4 Å². The molecule has 1 fully saturated rings. The van der Waals surface area contributed by atoms with Crippen LogP contribution in [0.3, 0.4) is 0 Å². The van der Waals surface area contributed by atoms with Crippen molar-refractivity contribution in [2.75, 3.05) is 19.6 Å². The van der Waals surface area contributed by atoms with Crippen molar-refractivity contribution in [2.24, 2.45) is 11.1 Å². The predicted molar refractivity (Wildman–Crippen MR) is 68.4 cm³/mol. The molecule has 1 atom stereocenters. The number of halogens is 2. The SMILES string of the molecule is CC1(CN)CCN(C(=O)Cc2cccc(F)c2F)C1. The largest absolute Gasteiger partial charge is 0.342 e. The van der Waals surface area contributed by atoms with Gasteiger partial charge in [0, 0.05) is 18.7 Å². The number of nitrogens with two attached hydrogens (primary N) is 1. The summed E-state index contributed by atoms with van der Waals surface area (Å²) in [5, 5.41) is 0. The molecule has 19 heavy (non-hydrogen) atoms. The highest BCUT2D eigenvalue weighted by Crippen LogP contribution is 2.29. The molecule has 104 valence electrons. The van der Waals surface area contributed by atoms with E-state index in [2.05, 4.69) is 0 Å². The first-order valence-electron chi connectivity index (χ1n) is 6.36. The third-order valence-electron chi connectivity index (χ3n) is 3.78. The summed E-state index contributed by atoms with van der Waals surface area (Å²) in [6, 6.07) is 3.90. The van der Waals surface area contributed by atoms with Crippen molar-refractivity contribution in [3.05, 3.63) is 35.4 Å². The zero-order chi connectivity index (χ0) is 14.0. The second kappa shape index (κ2) is 5.25. The van der Waals surface area contributed by atoms with Crippen molar-refractivity contribution >= 4 is 5.91 Å². The van der Waals surface area contributed by atoms with Gasteiger partial charge >= 0.3 is 0 Å². The molecule has 2 rings (SSSR count). The molecular formula is C14H18F2N2O. The van der Waals surface area contributed by atoms with E-state index in [1.807, 2.05) is 6.92 Å². The van der Waals surface area contributed by atoms with Gasteiger partial charge in [0.1, 0.15) is 0 Å². The van der Waals surface area contributed by atoms with Gasteiger partial charge in [-0.15, -0.1) is 0 Å². The number of amides is 1. The third-order valence-corrected chi connectivity index (χ3v) is 3.78. The van der Waals surface area contributed by atoms with Gasteiger partial charge in [0.25, 0.3) is 0 Å². The van der Waals surface area contributed by atoms with E-state index < -0.39 is 11.6 Å². The highest BCUT2D eigenvalue weighted by molar-refractivity contribution is 5.79. The van der Waals surface area contributed by atoms with Crippen molar-refractivity contribution < 1.29 is 13.6 Å². The molecule has 2 N–H and O–H groups in total. The molecule has 0 aromatic heterocycles. The van der Waals surface area contributed by atoms with Gasteiger partial charge in [-0.2, -0.15) is 0 Å². The van der Waals surface area contributed by atoms with Crippen LogP contribution in [0.25, 0.3) is 0 Å². The van der Waals surface area contributed by atoms with Gasteiger partial charge in [-0.1, -0.05) is 19.1 Å². The van der Waals surface area contributed by atoms with Crippen LogP contribution in [0.1, 0.15) is 18.9 Å². The molecule has 1 saturated heterocycles. The summed E-state index contributed by atoms with van der Waals surface area (Å²) >= 11 is 0. The molecular weight excluding hydrogens is 250 g/mol. The Morgan fingerprint density at radius 2 is 2.21 bits per heavy atom. The van der Waals surface area contributed by atoms with Gasteiger partial charge in [-0.3, -0.25) is 4.79 Å².